The Balaban J connectivity index is 2.78. The minimum Gasteiger partial charge on any atom is -0.494 e. The lowest BCUT2D eigenvalue weighted by Gasteiger charge is -2.10. The minimum atomic E-state index is -3.98. The number of halogens is 2. The zero-order valence-electron chi connectivity index (χ0n) is 10.2. The summed E-state index contributed by atoms with van der Waals surface area (Å²) in [5.41, 5.74) is 0.192. The van der Waals surface area contributed by atoms with E-state index < -0.39 is 10.0 Å². The van der Waals surface area contributed by atoms with Crippen LogP contribution in [0, 0.1) is 0 Å². The van der Waals surface area contributed by atoms with Gasteiger partial charge in [0.05, 0.1) is 12.1 Å². The molecule has 0 aliphatic rings. The molecule has 2 rings (SSSR count). The molecule has 6 nitrogen and oxygen atoms in total. The number of sulfonamides is 1. The average molecular weight is 334 g/mol. The third-order valence-corrected chi connectivity index (χ3v) is 3.75. The quantitative estimate of drug-likeness (QED) is 0.868. The monoisotopic (exact) mass is 333 g/mol. The molecule has 0 aromatic carbocycles. The van der Waals surface area contributed by atoms with E-state index in [9.17, 15) is 8.42 Å². The highest BCUT2D eigenvalue weighted by atomic mass is 35.5. The molecule has 2 heterocycles. The molecule has 2 N–H and O–H groups in total. The maximum Gasteiger partial charge on any atom is 0.240 e. The van der Waals surface area contributed by atoms with E-state index in [0.717, 1.165) is 0 Å². The number of nitrogens with two attached hydrogens (primary N) is 1. The first-order valence-corrected chi connectivity index (χ1v) is 7.52. The summed E-state index contributed by atoms with van der Waals surface area (Å²) < 4.78 is 28.3. The van der Waals surface area contributed by atoms with Crippen LogP contribution in [0.2, 0.25) is 10.2 Å². The first-order valence-electron chi connectivity index (χ1n) is 5.22. The summed E-state index contributed by atoms with van der Waals surface area (Å²) in [6, 6.07) is 4.07. The summed E-state index contributed by atoms with van der Waals surface area (Å²) in [5.74, 6) is 0.261. The van der Waals surface area contributed by atoms with E-state index in [-0.39, 0.29) is 27.2 Å². The van der Waals surface area contributed by atoms with Crippen LogP contribution in [0.1, 0.15) is 0 Å². The fourth-order valence-corrected chi connectivity index (χ4v) is 2.54. The van der Waals surface area contributed by atoms with Crippen molar-refractivity contribution in [2.24, 2.45) is 5.14 Å². The van der Waals surface area contributed by atoms with Crippen LogP contribution >= 0.6 is 23.2 Å². The van der Waals surface area contributed by atoms with Crippen molar-refractivity contribution < 1.29 is 13.2 Å². The Kier molecular flexibility index (Phi) is 4.14. The molecule has 0 bridgehead atoms. The van der Waals surface area contributed by atoms with Gasteiger partial charge in [-0.1, -0.05) is 23.2 Å². The largest absolute Gasteiger partial charge is 0.494 e. The molecule has 0 spiro atoms. The van der Waals surface area contributed by atoms with E-state index in [1.54, 1.807) is 0 Å². The predicted molar refractivity (Wildman–Crippen MR) is 75.4 cm³/mol. The smallest absolute Gasteiger partial charge is 0.240 e. The molecule has 0 radical (unpaired) electrons. The lowest BCUT2D eigenvalue weighted by molar-refractivity contribution is 0.414. The molecule has 106 valence electrons. The van der Waals surface area contributed by atoms with Crippen molar-refractivity contribution in [3.63, 3.8) is 0 Å². The molecule has 0 fully saturated rings. The number of hydrogen-bond acceptors (Lipinski definition) is 5. The number of primary sulfonamides is 1. The molecule has 0 saturated heterocycles. The van der Waals surface area contributed by atoms with Gasteiger partial charge in [-0.25, -0.2) is 23.5 Å². The van der Waals surface area contributed by atoms with Crippen LogP contribution in [0.3, 0.4) is 0 Å². The SMILES string of the molecule is COc1cc(Cl)cnc1-c1nc(Cl)ccc1S(N)(=O)=O. The Morgan fingerprint density at radius 1 is 1.25 bits per heavy atom. The maximum atomic E-state index is 11.6. The molecular formula is C11H9Cl2N3O3S. The molecule has 9 heteroatoms. The van der Waals surface area contributed by atoms with Gasteiger partial charge in [0.15, 0.2) is 0 Å². The van der Waals surface area contributed by atoms with Gasteiger partial charge < -0.3 is 4.74 Å². The number of pyridine rings is 2. The van der Waals surface area contributed by atoms with E-state index in [1.807, 2.05) is 0 Å². The Morgan fingerprint density at radius 3 is 2.55 bits per heavy atom. The number of methoxy groups -OCH3 is 1. The summed E-state index contributed by atoms with van der Waals surface area (Å²) in [6.45, 7) is 0. The fourth-order valence-electron chi connectivity index (χ4n) is 1.58. The highest BCUT2D eigenvalue weighted by Gasteiger charge is 2.21. The molecule has 0 saturated carbocycles. The summed E-state index contributed by atoms with van der Waals surface area (Å²) in [7, 11) is -2.58. The number of ether oxygens (including phenoxy) is 1. The molecule has 0 aliphatic carbocycles. The fraction of sp³-hybridized carbons (Fsp3) is 0.0909. The van der Waals surface area contributed by atoms with Crippen LogP contribution in [0.5, 0.6) is 5.75 Å². The Bertz CT molecular complexity index is 766. The first kappa shape index (κ1) is 15.0. The van der Waals surface area contributed by atoms with Crippen molar-refractivity contribution >= 4 is 33.2 Å². The number of aromatic nitrogens is 2. The minimum absolute atomic E-state index is 0.00789. The van der Waals surface area contributed by atoms with Crippen molar-refractivity contribution in [1.29, 1.82) is 0 Å². The number of nitrogens with zero attached hydrogens (tertiary/aromatic N) is 2. The summed E-state index contributed by atoms with van der Waals surface area (Å²) in [6.07, 6.45) is 1.34. The van der Waals surface area contributed by atoms with Gasteiger partial charge in [0.25, 0.3) is 0 Å². The summed E-state index contributed by atoms with van der Waals surface area (Å²) in [4.78, 5) is 7.81. The highest BCUT2D eigenvalue weighted by molar-refractivity contribution is 7.89. The van der Waals surface area contributed by atoms with Crippen molar-refractivity contribution in [3.05, 3.63) is 34.6 Å². The summed E-state index contributed by atoms with van der Waals surface area (Å²) in [5, 5.41) is 5.60. The molecule has 2 aromatic heterocycles. The molecule has 2 aromatic rings. The van der Waals surface area contributed by atoms with Crippen LogP contribution in [0.4, 0.5) is 0 Å². The van der Waals surface area contributed by atoms with E-state index in [0.29, 0.717) is 5.02 Å². The normalized spacial score (nSPS) is 11.4. The van der Waals surface area contributed by atoms with Crippen LogP contribution in [0.15, 0.2) is 29.3 Å². The van der Waals surface area contributed by atoms with Gasteiger partial charge in [0, 0.05) is 12.3 Å². The molecular weight excluding hydrogens is 325 g/mol. The van der Waals surface area contributed by atoms with Gasteiger partial charge in [0.1, 0.15) is 27.2 Å². The summed E-state index contributed by atoms with van der Waals surface area (Å²) >= 11 is 11.6. The van der Waals surface area contributed by atoms with Crippen molar-refractivity contribution in [2.45, 2.75) is 4.90 Å². The zero-order valence-corrected chi connectivity index (χ0v) is 12.5. The van der Waals surface area contributed by atoms with Gasteiger partial charge in [-0.05, 0) is 12.1 Å². The van der Waals surface area contributed by atoms with Crippen LogP contribution in [0.25, 0.3) is 11.4 Å². The van der Waals surface area contributed by atoms with Gasteiger partial charge in [-0.15, -0.1) is 0 Å². The van der Waals surface area contributed by atoms with Crippen LogP contribution < -0.4 is 9.88 Å². The van der Waals surface area contributed by atoms with E-state index in [4.69, 9.17) is 33.1 Å². The lowest BCUT2D eigenvalue weighted by atomic mass is 10.2. The topological polar surface area (TPSA) is 95.2 Å². The Hall–Kier alpha value is -1.41. The van der Waals surface area contributed by atoms with E-state index in [2.05, 4.69) is 9.97 Å². The Labute approximate surface area is 125 Å². The second-order valence-electron chi connectivity index (χ2n) is 3.73. The maximum absolute atomic E-state index is 11.6. The van der Waals surface area contributed by atoms with Crippen molar-refractivity contribution in [1.82, 2.24) is 9.97 Å². The average Bonchev–Trinajstić information content (AvgIpc) is 2.37. The first-order chi connectivity index (χ1) is 9.32. The molecule has 20 heavy (non-hydrogen) atoms. The molecule has 0 aliphatic heterocycles. The Morgan fingerprint density at radius 2 is 1.95 bits per heavy atom. The number of hydrogen-bond donors (Lipinski definition) is 1. The van der Waals surface area contributed by atoms with Crippen LogP contribution in [-0.4, -0.2) is 25.5 Å². The molecule has 0 amide bonds. The van der Waals surface area contributed by atoms with Crippen molar-refractivity contribution in [3.8, 4) is 17.1 Å². The standard InChI is InChI=1S/C11H9Cl2N3O3S/c1-19-7-4-6(12)5-15-10(7)11-8(20(14,17)18)2-3-9(13)16-11/h2-5H,1H3,(H2,14,17,18). The van der Waals surface area contributed by atoms with Gasteiger partial charge >= 0.3 is 0 Å². The number of rotatable bonds is 3. The molecule has 0 unspecified atom stereocenters. The van der Waals surface area contributed by atoms with Crippen molar-refractivity contribution in [2.75, 3.05) is 7.11 Å². The van der Waals surface area contributed by atoms with Crippen LogP contribution in [-0.2, 0) is 10.0 Å². The van der Waals surface area contributed by atoms with Gasteiger partial charge in [-0.3, -0.25) is 0 Å². The zero-order chi connectivity index (χ0) is 14.9. The third-order valence-electron chi connectivity index (χ3n) is 2.39. The second-order valence-corrected chi connectivity index (χ2v) is 6.08. The van der Waals surface area contributed by atoms with Gasteiger partial charge in [-0.2, -0.15) is 0 Å². The predicted octanol–water partition coefficient (Wildman–Crippen LogP) is 2.11. The third kappa shape index (κ3) is 3.01. The van der Waals surface area contributed by atoms with Gasteiger partial charge in [0.2, 0.25) is 10.0 Å². The van der Waals surface area contributed by atoms with E-state index >= 15 is 0 Å². The highest BCUT2D eigenvalue weighted by Crippen LogP contribution is 2.33. The lowest BCUT2D eigenvalue weighted by Crippen LogP contribution is -2.14. The van der Waals surface area contributed by atoms with E-state index in [1.165, 1.54) is 31.5 Å². The second kappa shape index (κ2) is 5.53. The molecule has 0 atom stereocenters.